The second-order valence-electron chi connectivity index (χ2n) is 4.22. The molecule has 3 aromatic rings. The smallest absolute Gasteiger partial charge is 0.245 e. The molecule has 4 nitrogen and oxygen atoms in total. The zero-order chi connectivity index (χ0) is 13.8. The third-order valence-corrected chi connectivity index (χ3v) is 3.84. The first-order valence-electron chi connectivity index (χ1n) is 6.13. The van der Waals surface area contributed by atoms with Crippen LogP contribution >= 0.6 is 22.9 Å². The van der Waals surface area contributed by atoms with E-state index in [-0.39, 0.29) is 0 Å². The second kappa shape index (κ2) is 6.07. The highest BCUT2D eigenvalue weighted by Gasteiger charge is 2.07. The highest BCUT2D eigenvalue weighted by atomic mass is 35.5. The molecule has 0 aliphatic heterocycles. The van der Waals surface area contributed by atoms with Gasteiger partial charge in [0.15, 0.2) is 5.82 Å². The van der Waals surface area contributed by atoms with Gasteiger partial charge < -0.3 is 9.84 Å². The molecule has 0 spiro atoms. The first kappa shape index (κ1) is 13.1. The van der Waals surface area contributed by atoms with E-state index in [1.165, 1.54) is 4.88 Å². The Hall–Kier alpha value is -1.85. The fraction of sp³-hybridized carbons (Fsp3) is 0.143. The van der Waals surface area contributed by atoms with E-state index in [9.17, 15) is 0 Å². The summed E-state index contributed by atoms with van der Waals surface area (Å²) in [4.78, 5) is 5.58. The predicted octanol–water partition coefficient (Wildman–Crippen LogP) is 3.99. The van der Waals surface area contributed by atoms with Crippen LogP contribution in [0.1, 0.15) is 16.6 Å². The van der Waals surface area contributed by atoms with Crippen molar-refractivity contribution in [2.45, 2.75) is 13.0 Å². The quantitative estimate of drug-likeness (QED) is 0.774. The first-order chi connectivity index (χ1) is 9.79. The van der Waals surface area contributed by atoms with Crippen LogP contribution < -0.4 is 5.32 Å². The lowest BCUT2D eigenvalue weighted by Crippen LogP contribution is -1.99. The molecule has 0 amide bonds. The van der Waals surface area contributed by atoms with E-state index in [2.05, 4.69) is 21.5 Å². The van der Waals surface area contributed by atoms with Gasteiger partial charge in [0.2, 0.25) is 5.89 Å². The Morgan fingerprint density at radius 2 is 2.05 bits per heavy atom. The van der Waals surface area contributed by atoms with Gasteiger partial charge in [0, 0.05) is 22.0 Å². The molecule has 0 unspecified atom stereocenters. The van der Waals surface area contributed by atoms with Crippen LogP contribution in [0, 0.1) is 0 Å². The molecule has 0 radical (unpaired) electrons. The molecule has 102 valence electrons. The highest BCUT2D eigenvalue weighted by molar-refractivity contribution is 7.09. The summed E-state index contributed by atoms with van der Waals surface area (Å²) in [5.41, 5.74) is 0.965. The van der Waals surface area contributed by atoms with Gasteiger partial charge >= 0.3 is 0 Å². The number of anilines is 1. The molecular formula is C14H12ClN3OS. The Morgan fingerprint density at radius 1 is 1.20 bits per heavy atom. The maximum atomic E-state index is 5.83. The minimum absolute atomic E-state index is 0.499. The summed E-state index contributed by atoms with van der Waals surface area (Å²) < 4.78 is 5.21. The minimum Gasteiger partial charge on any atom is -0.376 e. The van der Waals surface area contributed by atoms with Crippen molar-refractivity contribution in [1.82, 2.24) is 10.1 Å². The Labute approximate surface area is 125 Å². The Morgan fingerprint density at radius 3 is 2.80 bits per heavy atom. The molecule has 0 bridgehead atoms. The molecule has 3 rings (SSSR count). The Bertz CT molecular complexity index is 664. The molecular weight excluding hydrogens is 294 g/mol. The Kier molecular flexibility index (Phi) is 3.99. The zero-order valence-electron chi connectivity index (χ0n) is 10.5. The monoisotopic (exact) mass is 305 g/mol. The van der Waals surface area contributed by atoms with Crippen molar-refractivity contribution in [3.63, 3.8) is 0 Å². The van der Waals surface area contributed by atoms with Crippen LogP contribution in [0.2, 0.25) is 5.02 Å². The zero-order valence-corrected chi connectivity index (χ0v) is 12.1. The van der Waals surface area contributed by atoms with Crippen LogP contribution in [0.5, 0.6) is 0 Å². The van der Waals surface area contributed by atoms with E-state index in [1.807, 2.05) is 35.7 Å². The molecule has 0 aliphatic carbocycles. The second-order valence-corrected chi connectivity index (χ2v) is 5.69. The summed E-state index contributed by atoms with van der Waals surface area (Å²) in [5.74, 6) is 1.28. The lowest BCUT2D eigenvalue weighted by atomic mass is 10.3. The van der Waals surface area contributed by atoms with Crippen molar-refractivity contribution < 1.29 is 4.52 Å². The summed E-state index contributed by atoms with van der Waals surface area (Å²) in [7, 11) is 0. The predicted molar refractivity (Wildman–Crippen MR) is 80.2 cm³/mol. The van der Waals surface area contributed by atoms with Gasteiger partial charge in [0.1, 0.15) is 0 Å². The van der Waals surface area contributed by atoms with Crippen molar-refractivity contribution in [2.75, 3.05) is 5.32 Å². The molecule has 0 aliphatic rings. The van der Waals surface area contributed by atoms with Crippen molar-refractivity contribution in [2.24, 2.45) is 0 Å². The molecule has 0 fully saturated rings. The summed E-state index contributed by atoms with van der Waals surface area (Å²) in [6.45, 7) is 0.499. The largest absolute Gasteiger partial charge is 0.376 e. The number of nitrogens with one attached hydrogen (secondary N) is 1. The molecule has 0 atom stereocenters. The van der Waals surface area contributed by atoms with E-state index in [1.54, 1.807) is 11.3 Å². The van der Waals surface area contributed by atoms with Crippen molar-refractivity contribution in [1.29, 1.82) is 0 Å². The average molecular weight is 306 g/mol. The summed E-state index contributed by atoms with van der Waals surface area (Å²) >= 11 is 7.52. The lowest BCUT2D eigenvalue weighted by Gasteiger charge is -2.02. The highest BCUT2D eigenvalue weighted by Crippen LogP contribution is 2.15. The lowest BCUT2D eigenvalue weighted by molar-refractivity contribution is 0.378. The minimum atomic E-state index is 0.499. The molecule has 1 aromatic carbocycles. The number of hydrogen-bond donors (Lipinski definition) is 1. The van der Waals surface area contributed by atoms with Crippen LogP contribution in [0.4, 0.5) is 5.69 Å². The Balaban J connectivity index is 1.58. The van der Waals surface area contributed by atoms with Gasteiger partial charge in [-0.2, -0.15) is 4.98 Å². The van der Waals surface area contributed by atoms with Gasteiger partial charge in [0.05, 0.1) is 6.54 Å². The van der Waals surface area contributed by atoms with Crippen LogP contribution in [0.25, 0.3) is 0 Å². The van der Waals surface area contributed by atoms with Crippen LogP contribution in [0.15, 0.2) is 46.3 Å². The summed E-state index contributed by atoms with van der Waals surface area (Å²) in [6, 6.07) is 11.6. The van der Waals surface area contributed by atoms with Gasteiger partial charge in [-0.1, -0.05) is 22.8 Å². The third kappa shape index (κ3) is 3.37. The number of halogens is 1. The fourth-order valence-electron chi connectivity index (χ4n) is 1.75. The van der Waals surface area contributed by atoms with Crippen LogP contribution in [0.3, 0.4) is 0 Å². The maximum absolute atomic E-state index is 5.83. The summed E-state index contributed by atoms with van der Waals surface area (Å²) in [6.07, 6.45) is 0.710. The number of benzene rings is 1. The van der Waals surface area contributed by atoms with E-state index in [0.717, 1.165) is 5.69 Å². The molecule has 1 N–H and O–H groups in total. The standard InChI is InChI=1S/C14H12ClN3OS/c15-10-3-5-11(6-4-10)16-9-14-17-13(18-19-14)8-12-2-1-7-20-12/h1-7,16H,8-9H2. The molecule has 2 aromatic heterocycles. The number of aromatic nitrogens is 2. The van der Waals surface area contributed by atoms with E-state index in [4.69, 9.17) is 16.1 Å². The summed E-state index contributed by atoms with van der Waals surface area (Å²) in [5, 5.41) is 9.94. The number of hydrogen-bond acceptors (Lipinski definition) is 5. The van der Waals surface area contributed by atoms with E-state index < -0.39 is 0 Å². The van der Waals surface area contributed by atoms with Crippen molar-refractivity contribution >= 4 is 28.6 Å². The maximum Gasteiger partial charge on any atom is 0.245 e. The van der Waals surface area contributed by atoms with Gasteiger partial charge in [-0.15, -0.1) is 11.3 Å². The van der Waals surface area contributed by atoms with Crippen molar-refractivity contribution in [3.8, 4) is 0 Å². The average Bonchev–Trinajstić information content (AvgIpc) is 3.11. The normalized spacial score (nSPS) is 10.7. The first-order valence-corrected chi connectivity index (χ1v) is 7.38. The van der Waals surface area contributed by atoms with Gasteiger partial charge in [0.25, 0.3) is 0 Å². The molecule has 0 saturated heterocycles. The topological polar surface area (TPSA) is 51.0 Å². The molecule has 2 heterocycles. The number of rotatable bonds is 5. The molecule has 0 saturated carbocycles. The van der Waals surface area contributed by atoms with Crippen molar-refractivity contribution in [3.05, 3.63) is 63.4 Å². The van der Waals surface area contributed by atoms with Crippen LogP contribution in [-0.2, 0) is 13.0 Å². The number of nitrogens with zero attached hydrogens (tertiary/aromatic N) is 2. The van der Waals surface area contributed by atoms with Gasteiger partial charge in [-0.3, -0.25) is 0 Å². The van der Waals surface area contributed by atoms with E-state index >= 15 is 0 Å². The van der Waals surface area contributed by atoms with Gasteiger partial charge in [-0.05, 0) is 35.7 Å². The van der Waals surface area contributed by atoms with Gasteiger partial charge in [-0.25, -0.2) is 0 Å². The van der Waals surface area contributed by atoms with Crippen LogP contribution in [-0.4, -0.2) is 10.1 Å². The number of thiophene rings is 1. The molecule has 6 heteroatoms. The SMILES string of the molecule is Clc1ccc(NCc2nc(Cc3cccs3)no2)cc1. The van der Waals surface area contributed by atoms with E-state index in [0.29, 0.717) is 29.7 Å². The third-order valence-electron chi connectivity index (χ3n) is 2.71. The fourth-order valence-corrected chi connectivity index (χ4v) is 2.58. The molecule has 20 heavy (non-hydrogen) atoms.